The highest BCUT2D eigenvalue weighted by Gasteiger charge is 2.19. The number of piperidine rings is 1. The molecule has 1 aliphatic rings. The summed E-state index contributed by atoms with van der Waals surface area (Å²) < 4.78 is 0. The molecular weight excluding hydrogens is 214 g/mol. The van der Waals surface area contributed by atoms with E-state index in [9.17, 15) is 4.79 Å². The summed E-state index contributed by atoms with van der Waals surface area (Å²) in [6, 6.07) is 0. The number of carbonyl (C=O) groups excluding carboxylic acids is 1. The van der Waals surface area contributed by atoms with Gasteiger partial charge in [-0.15, -0.1) is 0 Å². The number of carbonyl (C=O) groups is 1. The van der Waals surface area contributed by atoms with Gasteiger partial charge in [0.05, 0.1) is 6.54 Å². The van der Waals surface area contributed by atoms with Crippen molar-refractivity contribution in [2.75, 3.05) is 32.7 Å². The molecule has 0 radical (unpaired) electrons. The molecule has 1 saturated heterocycles. The molecule has 1 fully saturated rings. The predicted octanol–water partition coefficient (Wildman–Crippen LogP) is 0.964. The predicted molar refractivity (Wildman–Crippen MR) is 70.8 cm³/mol. The fourth-order valence-electron chi connectivity index (χ4n) is 2.33. The molecule has 4 heteroatoms. The largest absolute Gasteiger partial charge is 0.355 e. The van der Waals surface area contributed by atoms with Gasteiger partial charge in [-0.25, -0.2) is 0 Å². The van der Waals surface area contributed by atoms with Crippen molar-refractivity contribution in [1.29, 1.82) is 0 Å². The first kappa shape index (κ1) is 14.5. The number of nitrogens with zero attached hydrogens (tertiary/aromatic N) is 1. The molecular formula is C13H27N3O. The molecule has 1 amide bonds. The van der Waals surface area contributed by atoms with Gasteiger partial charge >= 0.3 is 0 Å². The zero-order valence-corrected chi connectivity index (χ0v) is 11.1. The van der Waals surface area contributed by atoms with Crippen LogP contribution >= 0.6 is 0 Å². The van der Waals surface area contributed by atoms with Crippen molar-refractivity contribution in [3.05, 3.63) is 0 Å². The van der Waals surface area contributed by atoms with Crippen molar-refractivity contribution < 1.29 is 4.79 Å². The Morgan fingerprint density at radius 1 is 1.41 bits per heavy atom. The number of unbranched alkanes of at least 4 members (excludes halogenated alkanes) is 1. The lowest BCUT2D eigenvalue weighted by molar-refractivity contribution is -0.122. The molecule has 0 aromatic rings. The van der Waals surface area contributed by atoms with E-state index in [-0.39, 0.29) is 5.91 Å². The van der Waals surface area contributed by atoms with E-state index in [0.717, 1.165) is 51.4 Å². The van der Waals surface area contributed by atoms with Crippen molar-refractivity contribution in [3.63, 3.8) is 0 Å². The molecule has 17 heavy (non-hydrogen) atoms. The normalized spacial score (nSPS) is 18.2. The Kier molecular flexibility index (Phi) is 7.21. The van der Waals surface area contributed by atoms with Crippen LogP contribution in [0.4, 0.5) is 0 Å². The van der Waals surface area contributed by atoms with Gasteiger partial charge in [0.15, 0.2) is 0 Å². The quantitative estimate of drug-likeness (QED) is 0.653. The second-order valence-corrected chi connectivity index (χ2v) is 5.00. The van der Waals surface area contributed by atoms with Gasteiger partial charge in [-0.1, -0.05) is 13.3 Å². The zero-order valence-electron chi connectivity index (χ0n) is 11.1. The first-order chi connectivity index (χ1) is 8.26. The zero-order chi connectivity index (χ0) is 12.5. The molecule has 100 valence electrons. The Labute approximate surface area is 105 Å². The van der Waals surface area contributed by atoms with Crippen LogP contribution in [0.15, 0.2) is 0 Å². The minimum Gasteiger partial charge on any atom is -0.355 e. The lowest BCUT2D eigenvalue weighted by atomic mass is 9.94. The Bertz CT molecular complexity index is 213. The van der Waals surface area contributed by atoms with Crippen LogP contribution in [0.1, 0.15) is 39.0 Å². The highest BCUT2D eigenvalue weighted by molar-refractivity contribution is 5.77. The van der Waals surface area contributed by atoms with E-state index in [0.29, 0.717) is 6.54 Å². The summed E-state index contributed by atoms with van der Waals surface area (Å²) in [6.07, 6.45) is 5.73. The fourth-order valence-corrected chi connectivity index (χ4v) is 2.33. The summed E-state index contributed by atoms with van der Waals surface area (Å²) in [7, 11) is 0. The molecule has 0 aromatic carbocycles. The Hall–Kier alpha value is -0.610. The first-order valence-electron chi connectivity index (χ1n) is 6.95. The van der Waals surface area contributed by atoms with Gasteiger partial charge in [0.1, 0.15) is 0 Å². The summed E-state index contributed by atoms with van der Waals surface area (Å²) in [5.41, 5.74) is 5.57. The first-order valence-corrected chi connectivity index (χ1v) is 6.95. The third kappa shape index (κ3) is 6.03. The van der Waals surface area contributed by atoms with E-state index in [1.54, 1.807) is 0 Å². The monoisotopic (exact) mass is 241 g/mol. The van der Waals surface area contributed by atoms with Gasteiger partial charge in [-0.05, 0) is 51.2 Å². The van der Waals surface area contributed by atoms with Crippen molar-refractivity contribution in [1.82, 2.24) is 10.2 Å². The van der Waals surface area contributed by atoms with Crippen molar-refractivity contribution in [2.45, 2.75) is 39.0 Å². The molecule has 1 heterocycles. The van der Waals surface area contributed by atoms with Gasteiger partial charge in [0.25, 0.3) is 0 Å². The maximum Gasteiger partial charge on any atom is 0.234 e. The van der Waals surface area contributed by atoms with Crippen molar-refractivity contribution in [3.8, 4) is 0 Å². The number of hydrogen-bond acceptors (Lipinski definition) is 3. The van der Waals surface area contributed by atoms with Crippen LogP contribution < -0.4 is 11.1 Å². The summed E-state index contributed by atoms with van der Waals surface area (Å²) in [5.74, 6) is 0.954. The number of nitrogens with two attached hydrogens (primary N) is 1. The number of nitrogens with one attached hydrogen (secondary N) is 1. The smallest absolute Gasteiger partial charge is 0.234 e. The average Bonchev–Trinajstić information content (AvgIpc) is 2.32. The highest BCUT2D eigenvalue weighted by Crippen LogP contribution is 2.19. The third-order valence-corrected chi connectivity index (χ3v) is 3.50. The minimum absolute atomic E-state index is 0.177. The van der Waals surface area contributed by atoms with Gasteiger partial charge in [0.2, 0.25) is 5.91 Å². The van der Waals surface area contributed by atoms with E-state index >= 15 is 0 Å². The second kappa shape index (κ2) is 8.48. The molecule has 0 unspecified atom stereocenters. The van der Waals surface area contributed by atoms with Crippen LogP contribution in [0, 0.1) is 5.92 Å². The van der Waals surface area contributed by atoms with Gasteiger partial charge in [-0.2, -0.15) is 0 Å². The van der Waals surface area contributed by atoms with Crippen LogP contribution in [0.3, 0.4) is 0 Å². The number of rotatable bonds is 7. The summed E-state index contributed by atoms with van der Waals surface area (Å²) >= 11 is 0. The lowest BCUT2D eigenvalue weighted by Crippen LogP contribution is -2.41. The Morgan fingerprint density at radius 3 is 2.71 bits per heavy atom. The molecule has 0 bridgehead atoms. The Morgan fingerprint density at radius 2 is 2.12 bits per heavy atom. The number of hydrogen-bond donors (Lipinski definition) is 2. The van der Waals surface area contributed by atoms with Crippen molar-refractivity contribution >= 4 is 5.91 Å². The van der Waals surface area contributed by atoms with E-state index in [4.69, 9.17) is 5.73 Å². The van der Waals surface area contributed by atoms with Gasteiger partial charge in [-0.3, -0.25) is 9.69 Å². The summed E-state index contributed by atoms with van der Waals surface area (Å²) in [4.78, 5) is 13.9. The topological polar surface area (TPSA) is 58.4 Å². The summed E-state index contributed by atoms with van der Waals surface area (Å²) in [5, 5.41) is 2.97. The maximum absolute atomic E-state index is 11.6. The summed E-state index contributed by atoms with van der Waals surface area (Å²) in [6.45, 7) is 6.41. The van der Waals surface area contributed by atoms with Crippen molar-refractivity contribution in [2.24, 2.45) is 11.7 Å². The fraction of sp³-hybridized carbons (Fsp3) is 0.923. The van der Waals surface area contributed by atoms with Crippen LogP contribution in [-0.4, -0.2) is 43.5 Å². The lowest BCUT2D eigenvalue weighted by Gasteiger charge is -2.31. The average molecular weight is 241 g/mol. The second-order valence-electron chi connectivity index (χ2n) is 5.00. The van der Waals surface area contributed by atoms with E-state index in [2.05, 4.69) is 17.1 Å². The number of amides is 1. The van der Waals surface area contributed by atoms with E-state index in [1.807, 2.05) is 0 Å². The number of likely N-dealkylation sites (tertiary alicyclic amines) is 1. The third-order valence-electron chi connectivity index (χ3n) is 3.50. The molecule has 0 aliphatic carbocycles. The SMILES string of the molecule is CCCCNC(=O)CN1CCC(CCN)CC1. The molecule has 1 rings (SSSR count). The van der Waals surface area contributed by atoms with Crippen LogP contribution in [-0.2, 0) is 4.79 Å². The molecule has 1 aliphatic heterocycles. The maximum atomic E-state index is 11.6. The molecule has 0 spiro atoms. The van der Waals surface area contributed by atoms with Crippen LogP contribution in [0.25, 0.3) is 0 Å². The molecule has 3 N–H and O–H groups in total. The molecule has 4 nitrogen and oxygen atoms in total. The van der Waals surface area contributed by atoms with Crippen LogP contribution in [0.5, 0.6) is 0 Å². The Balaban J connectivity index is 2.10. The molecule has 0 aromatic heterocycles. The van der Waals surface area contributed by atoms with Gasteiger partial charge < -0.3 is 11.1 Å². The molecule has 0 saturated carbocycles. The highest BCUT2D eigenvalue weighted by atomic mass is 16.2. The van der Waals surface area contributed by atoms with E-state index < -0.39 is 0 Å². The van der Waals surface area contributed by atoms with E-state index in [1.165, 1.54) is 12.8 Å². The minimum atomic E-state index is 0.177. The standard InChI is InChI=1S/C13H27N3O/c1-2-3-8-15-13(17)11-16-9-5-12(4-7-14)6-10-16/h12H,2-11,14H2,1H3,(H,15,17). The molecule has 0 atom stereocenters. The van der Waals surface area contributed by atoms with Gasteiger partial charge in [0, 0.05) is 6.54 Å². The van der Waals surface area contributed by atoms with Crippen LogP contribution in [0.2, 0.25) is 0 Å².